The molecule has 0 bridgehead atoms. The number of hydrogen-bond acceptors (Lipinski definition) is 6. The minimum absolute atomic E-state index is 0.0678. The number of alkyl halides is 3. The molecule has 0 spiro atoms. The minimum Gasteiger partial charge on any atom is -0.478 e. The van der Waals surface area contributed by atoms with Crippen LogP contribution >= 0.6 is 0 Å². The van der Waals surface area contributed by atoms with Gasteiger partial charge in [0.25, 0.3) is 0 Å². The van der Waals surface area contributed by atoms with Crippen LogP contribution in [0.1, 0.15) is 49.0 Å². The summed E-state index contributed by atoms with van der Waals surface area (Å²) in [4.78, 5) is 31.2. The van der Waals surface area contributed by atoms with Crippen LogP contribution in [0, 0.1) is 5.92 Å². The van der Waals surface area contributed by atoms with Crippen molar-refractivity contribution in [3.63, 3.8) is 0 Å². The number of amides is 1. The van der Waals surface area contributed by atoms with Gasteiger partial charge in [0.15, 0.2) is 0 Å². The van der Waals surface area contributed by atoms with Gasteiger partial charge >= 0.3 is 12.1 Å². The first kappa shape index (κ1) is 23.3. The lowest BCUT2D eigenvalue weighted by Gasteiger charge is -2.24. The molecule has 1 unspecified atom stereocenters. The van der Waals surface area contributed by atoms with Gasteiger partial charge in [-0.1, -0.05) is 6.42 Å². The average molecular weight is 451 g/mol. The van der Waals surface area contributed by atoms with Gasteiger partial charge in [-0.25, -0.2) is 9.78 Å². The van der Waals surface area contributed by atoms with Gasteiger partial charge in [0.05, 0.1) is 11.5 Å². The molecule has 32 heavy (non-hydrogen) atoms. The molecule has 172 valence electrons. The Morgan fingerprint density at radius 3 is 2.44 bits per heavy atom. The summed E-state index contributed by atoms with van der Waals surface area (Å²) in [5.74, 6) is -2.26. The highest BCUT2D eigenvalue weighted by molar-refractivity contribution is 5.88. The van der Waals surface area contributed by atoms with Gasteiger partial charge in [0.2, 0.25) is 11.9 Å². The number of anilines is 3. The topological polar surface area (TPSA) is 116 Å². The maximum absolute atomic E-state index is 13.6. The Morgan fingerprint density at radius 2 is 1.84 bits per heavy atom. The van der Waals surface area contributed by atoms with E-state index in [-0.39, 0.29) is 23.5 Å². The second-order valence-corrected chi connectivity index (χ2v) is 7.91. The molecule has 1 heterocycles. The van der Waals surface area contributed by atoms with Gasteiger partial charge in [-0.05, 0) is 51.0 Å². The van der Waals surface area contributed by atoms with Gasteiger partial charge in [-0.2, -0.15) is 18.2 Å². The molecule has 0 aliphatic heterocycles. The van der Waals surface area contributed by atoms with E-state index in [9.17, 15) is 22.8 Å². The van der Waals surface area contributed by atoms with Crippen LogP contribution < -0.4 is 16.0 Å². The third kappa shape index (κ3) is 5.65. The number of nitrogens with zero attached hydrogens (tertiary/aromatic N) is 2. The summed E-state index contributed by atoms with van der Waals surface area (Å²) < 4.78 is 40.7. The van der Waals surface area contributed by atoms with Crippen LogP contribution in [0.3, 0.4) is 0 Å². The Bertz CT molecular complexity index is 980. The van der Waals surface area contributed by atoms with Crippen LogP contribution in [-0.4, -0.2) is 39.0 Å². The molecule has 0 saturated heterocycles. The second-order valence-electron chi connectivity index (χ2n) is 7.91. The van der Waals surface area contributed by atoms with Gasteiger partial charge in [0.1, 0.15) is 11.4 Å². The molecular weight excluding hydrogens is 427 g/mol. The lowest BCUT2D eigenvalue weighted by Crippen LogP contribution is -2.41. The van der Waals surface area contributed by atoms with Gasteiger partial charge in [0, 0.05) is 24.0 Å². The van der Waals surface area contributed by atoms with Crippen LogP contribution in [0.5, 0.6) is 0 Å². The monoisotopic (exact) mass is 451 g/mol. The lowest BCUT2D eigenvalue weighted by atomic mass is 10.0. The van der Waals surface area contributed by atoms with E-state index < -0.39 is 35.5 Å². The molecule has 0 radical (unpaired) electrons. The van der Waals surface area contributed by atoms with Crippen molar-refractivity contribution in [1.82, 2.24) is 15.3 Å². The van der Waals surface area contributed by atoms with Crippen molar-refractivity contribution < 1.29 is 27.9 Å². The van der Waals surface area contributed by atoms with Crippen LogP contribution in [0.15, 0.2) is 30.5 Å². The van der Waals surface area contributed by atoms with Gasteiger partial charge in [-0.3, -0.25) is 4.79 Å². The highest BCUT2D eigenvalue weighted by atomic mass is 19.4. The van der Waals surface area contributed by atoms with Crippen molar-refractivity contribution in [3.05, 3.63) is 41.6 Å². The molecular formula is C21H24F3N5O3. The van der Waals surface area contributed by atoms with Crippen molar-refractivity contribution >= 4 is 29.3 Å². The molecule has 1 aliphatic carbocycles. The number of carboxylic acid groups (broad SMARTS) is 1. The van der Waals surface area contributed by atoms with E-state index in [0.29, 0.717) is 31.1 Å². The number of carboxylic acids is 1. The smallest absolute Gasteiger partial charge is 0.421 e. The maximum atomic E-state index is 13.6. The van der Waals surface area contributed by atoms with E-state index in [2.05, 4.69) is 25.9 Å². The Labute approximate surface area is 182 Å². The Morgan fingerprint density at radius 1 is 1.16 bits per heavy atom. The minimum atomic E-state index is -4.68. The van der Waals surface area contributed by atoms with Crippen molar-refractivity contribution in [1.29, 1.82) is 0 Å². The normalized spacial score (nSPS) is 18.4. The van der Waals surface area contributed by atoms with Crippen LogP contribution in [0.25, 0.3) is 0 Å². The second kappa shape index (κ2) is 9.41. The predicted octanol–water partition coefficient (Wildman–Crippen LogP) is 4.04. The standard InChI is InChI=1S/C21H24F3N5O3/c1-11(2)26-18(30)14-4-3-5-16(14)28-17-15(21(22,23)24)10-25-20(29-17)27-13-8-6-12(7-9-13)19(31)32/h6-11,14,16H,3-5H2,1-2H3,(H,26,30)(H,31,32)(H2,25,27,28,29)/t14-,16?/m0/s1. The quantitative estimate of drug-likeness (QED) is 0.502. The average Bonchev–Trinajstić information content (AvgIpc) is 3.15. The summed E-state index contributed by atoms with van der Waals surface area (Å²) >= 11 is 0. The molecule has 8 nitrogen and oxygen atoms in total. The Hall–Kier alpha value is -3.37. The number of nitrogens with one attached hydrogen (secondary N) is 3. The van der Waals surface area contributed by atoms with E-state index in [1.165, 1.54) is 24.3 Å². The molecule has 1 aliphatic rings. The maximum Gasteiger partial charge on any atom is 0.421 e. The molecule has 1 aromatic heterocycles. The van der Waals surface area contributed by atoms with E-state index in [1.807, 2.05) is 13.8 Å². The van der Waals surface area contributed by atoms with Crippen LogP contribution in [0.4, 0.5) is 30.6 Å². The van der Waals surface area contributed by atoms with Crippen LogP contribution in [0.2, 0.25) is 0 Å². The number of benzene rings is 1. The number of rotatable bonds is 7. The fourth-order valence-corrected chi connectivity index (χ4v) is 3.60. The molecule has 1 amide bonds. The first-order chi connectivity index (χ1) is 15.0. The summed E-state index contributed by atoms with van der Waals surface area (Å²) in [6, 6.07) is 5.06. The number of halogens is 3. The third-order valence-corrected chi connectivity index (χ3v) is 5.09. The van der Waals surface area contributed by atoms with E-state index in [0.717, 1.165) is 0 Å². The summed E-state index contributed by atoms with van der Waals surface area (Å²) in [7, 11) is 0. The fraction of sp³-hybridized carbons (Fsp3) is 0.429. The van der Waals surface area contributed by atoms with E-state index in [4.69, 9.17) is 5.11 Å². The largest absolute Gasteiger partial charge is 0.478 e. The van der Waals surface area contributed by atoms with Gasteiger partial charge < -0.3 is 21.1 Å². The van der Waals surface area contributed by atoms with E-state index in [1.54, 1.807) is 0 Å². The molecule has 2 atom stereocenters. The zero-order valence-corrected chi connectivity index (χ0v) is 17.5. The predicted molar refractivity (Wildman–Crippen MR) is 112 cm³/mol. The third-order valence-electron chi connectivity index (χ3n) is 5.09. The molecule has 1 fully saturated rings. The summed E-state index contributed by atoms with van der Waals surface area (Å²) in [5, 5.41) is 17.4. The van der Waals surface area contributed by atoms with Crippen molar-refractivity contribution in [2.75, 3.05) is 10.6 Å². The molecule has 2 aromatic rings. The Kier molecular flexibility index (Phi) is 6.85. The summed E-state index contributed by atoms with van der Waals surface area (Å²) in [5.41, 5.74) is -0.548. The Balaban J connectivity index is 1.84. The van der Waals surface area contributed by atoms with Crippen molar-refractivity contribution in [2.24, 2.45) is 5.92 Å². The molecule has 3 rings (SSSR count). The highest BCUT2D eigenvalue weighted by Gasteiger charge is 2.38. The number of aromatic carboxylic acids is 1. The molecule has 1 aromatic carbocycles. The number of carbonyl (C=O) groups is 2. The number of aromatic nitrogens is 2. The fourth-order valence-electron chi connectivity index (χ4n) is 3.60. The zero-order chi connectivity index (χ0) is 23.5. The first-order valence-corrected chi connectivity index (χ1v) is 10.2. The molecule has 11 heteroatoms. The van der Waals surface area contributed by atoms with E-state index >= 15 is 0 Å². The number of carbonyl (C=O) groups excluding carboxylic acids is 1. The molecule has 1 saturated carbocycles. The van der Waals surface area contributed by atoms with Crippen LogP contribution in [-0.2, 0) is 11.0 Å². The SMILES string of the molecule is CC(C)NC(=O)[C@H]1CCCC1Nc1nc(Nc2ccc(C(=O)O)cc2)ncc1C(F)(F)F. The van der Waals surface area contributed by atoms with Crippen molar-refractivity contribution in [2.45, 2.75) is 51.4 Å². The zero-order valence-electron chi connectivity index (χ0n) is 17.5. The highest BCUT2D eigenvalue weighted by Crippen LogP contribution is 2.36. The molecule has 4 N–H and O–H groups in total. The summed E-state index contributed by atoms with van der Waals surface area (Å²) in [6.07, 6.45) is -2.18. The summed E-state index contributed by atoms with van der Waals surface area (Å²) in [6.45, 7) is 3.64. The first-order valence-electron chi connectivity index (χ1n) is 10.2. The van der Waals surface area contributed by atoms with Gasteiger partial charge in [-0.15, -0.1) is 0 Å². The number of hydrogen-bond donors (Lipinski definition) is 4. The van der Waals surface area contributed by atoms with Crippen molar-refractivity contribution in [3.8, 4) is 0 Å². The lowest BCUT2D eigenvalue weighted by molar-refractivity contribution is -0.137.